The normalized spacial score (nSPS) is 18.1. The van der Waals surface area contributed by atoms with E-state index >= 15 is 0 Å². The lowest BCUT2D eigenvalue weighted by atomic mass is 10.2. The number of hydrogen-bond donors (Lipinski definition) is 1. The number of nitrogens with zero attached hydrogens (tertiary/aromatic N) is 1. The maximum absolute atomic E-state index is 12.0. The van der Waals surface area contributed by atoms with Gasteiger partial charge in [0.1, 0.15) is 9.22 Å². The third-order valence-electron chi connectivity index (χ3n) is 2.67. The zero-order chi connectivity index (χ0) is 14.9. The van der Waals surface area contributed by atoms with Crippen molar-refractivity contribution in [2.24, 2.45) is 0 Å². The van der Waals surface area contributed by atoms with E-state index in [1.807, 2.05) is 0 Å². The van der Waals surface area contributed by atoms with Gasteiger partial charge in [-0.2, -0.15) is 8.42 Å². The zero-order valence-corrected chi connectivity index (χ0v) is 12.9. The highest BCUT2D eigenvalue weighted by atomic mass is 32.2. The van der Waals surface area contributed by atoms with Crippen LogP contribution in [0, 0.1) is 0 Å². The lowest BCUT2D eigenvalue weighted by Crippen LogP contribution is -2.27. The van der Waals surface area contributed by atoms with E-state index in [9.17, 15) is 17.8 Å². The van der Waals surface area contributed by atoms with Crippen LogP contribution in [0.2, 0.25) is 0 Å². The summed E-state index contributed by atoms with van der Waals surface area (Å²) in [6.45, 7) is 2.27. The number of amides is 1. The van der Waals surface area contributed by atoms with Crippen molar-refractivity contribution in [3.8, 4) is 0 Å². The zero-order valence-electron chi connectivity index (χ0n) is 10.4. The highest BCUT2D eigenvalue weighted by Crippen LogP contribution is 2.33. The molecule has 5 nitrogen and oxygen atoms in total. The minimum absolute atomic E-state index is 0.234. The Morgan fingerprint density at radius 3 is 2.60 bits per heavy atom. The van der Waals surface area contributed by atoms with Gasteiger partial charge in [-0.05, 0) is 24.6 Å². The van der Waals surface area contributed by atoms with Crippen LogP contribution in [0.25, 0.3) is 6.08 Å². The first-order chi connectivity index (χ1) is 9.34. The highest BCUT2D eigenvalue weighted by molar-refractivity contribution is 8.26. The molecule has 106 valence electrons. The molecule has 2 rings (SSSR count). The molecular formula is C12H11NO4S3. The number of carbonyl (C=O) groups excluding carboxylic acids is 1. The first-order valence-corrected chi connectivity index (χ1v) is 8.33. The van der Waals surface area contributed by atoms with E-state index in [2.05, 4.69) is 0 Å². The Labute approximate surface area is 126 Å². The molecule has 20 heavy (non-hydrogen) atoms. The molecule has 0 aromatic heterocycles. The van der Waals surface area contributed by atoms with Crippen LogP contribution < -0.4 is 0 Å². The van der Waals surface area contributed by atoms with Gasteiger partial charge in [-0.3, -0.25) is 14.2 Å². The van der Waals surface area contributed by atoms with Gasteiger partial charge in [0.2, 0.25) is 0 Å². The second-order valence-electron chi connectivity index (χ2n) is 3.94. The SMILES string of the molecule is CCN1C(=O)/C(=C\c2ccccc2S(=O)(=O)O)SC1=S. The van der Waals surface area contributed by atoms with Crippen molar-refractivity contribution in [2.45, 2.75) is 11.8 Å². The van der Waals surface area contributed by atoms with Gasteiger partial charge < -0.3 is 0 Å². The quantitative estimate of drug-likeness (QED) is 0.520. The van der Waals surface area contributed by atoms with Crippen LogP contribution in [0.15, 0.2) is 34.1 Å². The number of likely N-dealkylation sites (N-methyl/N-ethyl adjacent to an activating group) is 1. The Balaban J connectivity index is 2.48. The summed E-state index contributed by atoms with van der Waals surface area (Å²) in [5.74, 6) is -0.257. The second kappa shape index (κ2) is 5.65. The third kappa shape index (κ3) is 2.93. The largest absolute Gasteiger partial charge is 0.295 e. The summed E-state index contributed by atoms with van der Waals surface area (Å²) < 4.78 is 32.2. The molecule has 1 amide bonds. The van der Waals surface area contributed by atoms with E-state index < -0.39 is 10.1 Å². The summed E-state index contributed by atoms with van der Waals surface area (Å²) in [6, 6.07) is 5.92. The lowest BCUT2D eigenvalue weighted by molar-refractivity contribution is -0.121. The van der Waals surface area contributed by atoms with Gasteiger partial charge in [-0.15, -0.1) is 0 Å². The van der Waals surface area contributed by atoms with Gasteiger partial charge in [0, 0.05) is 6.54 Å². The summed E-state index contributed by atoms with van der Waals surface area (Å²) in [5.41, 5.74) is 0.256. The fourth-order valence-corrected chi connectivity index (χ4v) is 3.80. The fourth-order valence-electron chi connectivity index (χ4n) is 1.75. The number of benzene rings is 1. The minimum atomic E-state index is -4.34. The number of thiocarbonyl (C=S) groups is 1. The Morgan fingerprint density at radius 1 is 1.40 bits per heavy atom. The summed E-state index contributed by atoms with van der Waals surface area (Å²) in [7, 11) is -4.34. The summed E-state index contributed by atoms with van der Waals surface area (Å²) in [6.07, 6.45) is 1.43. The standard InChI is InChI=1S/C12H11NO4S3/c1-2-13-11(14)9(19-12(13)18)7-8-5-3-4-6-10(8)20(15,16)17/h3-7H,2H2,1H3,(H,15,16,17)/b9-7+. The molecule has 1 aliphatic heterocycles. The molecule has 1 aromatic carbocycles. The van der Waals surface area contributed by atoms with Crippen molar-refractivity contribution in [3.63, 3.8) is 0 Å². The lowest BCUT2D eigenvalue weighted by Gasteiger charge is -2.09. The predicted molar refractivity (Wildman–Crippen MR) is 81.8 cm³/mol. The van der Waals surface area contributed by atoms with Crippen LogP contribution in [-0.4, -0.2) is 34.6 Å². The van der Waals surface area contributed by atoms with Crippen molar-refractivity contribution >= 4 is 50.4 Å². The molecule has 0 saturated carbocycles. The number of hydrogen-bond acceptors (Lipinski definition) is 5. The Morgan fingerprint density at radius 2 is 2.05 bits per heavy atom. The van der Waals surface area contributed by atoms with Gasteiger partial charge in [0.05, 0.1) is 4.91 Å². The highest BCUT2D eigenvalue weighted by Gasteiger charge is 2.31. The van der Waals surface area contributed by atoms with Crippen LogP contribution in [-0.2, 0) is 14.9 Å². The first kappa shape index (κ1) is 15.2. The minimum Gasteiger partial charge on any atom is -0.293 e. The molecule has 0 unspecified atom stereocenters. The van der Waals surface area contributed by atoms with Gasteiger partial charge in [0.15, 0.2) is 0 Å². The summed E-state index contributed by atoms with van der Waals surface area (Å²) in [4.78, 5) is 13.6. The molecule has 1 aromatic rings. The van der Waals surface area contributed by atoms with E-state index in [4.69, 9.17) is 12.2 Å². The van der Waals surface area contributed by atoms with Gasteiger partial charge in [-0.1, -0.05) is 42.2 Å². The van der Waals surface area contributed by atoms with Crippen LogP contribution >= 0.6 is 24.0 Å². The molecule has 1 fully saturated rings. The Bertz CT molecular complexity index is 709. The second-order valence-corrected chi connectivity index (χ2v) is 7.00. The molecule has 1 N–H and O–H groups in total. The number of carbonyl (C=O) groups is 1. The average Bonchev–Trinajstić information content (AvgIpc) is 2.63. The summed E-state index contributed by atoms with van der Waals surface area (Å²) in [5, 5.41) is 0. The van der Waals surface area contributed by atoms with Crippen LogP contribution in [0.4, 0.5) is 0 Å². The van der Waals surface area contributed by atoms with Gasteiger partial charge >= 0.3 is 0 Å². The van der Waals surface area contributed by atoms with E-state index in [1.165, 1.54) is 29.2 Å². The maximum Gasteiger partial charge on any atom is 0.295 e. The molecule has 0 bridgehead atoms. The molecule has 0 atom stereocenters. The molecular weight excluding hydrogens is 318 g/mol. The van der Waals surface area contributed by atoms with Gasteiger partial charge in [0.25, 0.3) is 16.0 Å². The van der Waals surface area contributed by atoms with Crippen LogP contribution in [0.3, 0.4) is 0 Å². The van der Waals surface area contributed by atoms with Crippen molar-refractivity contribution in [2.75, 3.05) is 6.54 Å². The molecule has 0 aliphatic carbocycles. The smallest absolute Gasteiger partial charge is 0.293 e. The Hall–Kier alpha value is -1.22. The molecule has 0 spiro atoms. The Kier molecular flexibility index (Phi) is 4.28. The van der Waals surface area contributed by atoms with Gasteiger partial charge in [-0.25, -0.2) is 0 Å². The van der Waals surface area contributed by atoms with Crippen molar-refractivity contribution in [1.29, 1.82) is 0 Å². The number of rotatable bonds is 3. The summed E-state index contributed by atoms with van der Waals surface area (Å²) >= 11 is 6.19. The topological polar surface area (TPSA) is 74.7 Å². The molecule has 1 saturated heterocycles. The van der Waals surface area contributed by atoms with E-state index in [1.54, 1.807) is 13.0 Å². The average molecular weight is 329 g/mol. The molecule has 1 heterocycles. The predicted octanol–water partition coefficient (Wildman–Crippen LogP) is 2.15. The van der Waals surface area contributed by atoms with Crippen molar-refractivity contribution < 1.29 is 17.8 Å². The third-order valence-corrected chi connectivity index (χ3v) is 4.98. The fraction of sp³-hybridized carbons (Fsp3) is 0.167. The monoisotopic (exact) mass is 329 g/mol. The van der Waals surface area contributed by atoms with Crippen molar-refractivity contribution in [1.82, 2.24) is 4.90 Å². The van der Waals surface area contributed by atoms with E-state index in [0.717, 1.165) is 11.8 Å². The van der Waals surface area contributed by atoms with Crippen LogP contribution in [0.1, 0.15) is 12.5 Å². The first-order valence-electron chi connectivity index (χ1n) is 5.66. The van der Waals surface area contributed by atoms with E-state index in [0.29, 0.717) is 15.8 Å². The molecule has 0 radical (unpaired) electrons. The molecule has 1 aliphatic rings. The number of thioether (sulfide) groups is 1. The van der Waals surface area contributed by atoms with Crippen LogP contribution in [0.5, 0.6) is 0 Å². The van der Waals surface area contributed by atoms with Crippen molar-refractivity contribution in [3.05, 3.63) is 34.7 Å². The maximum atomic E-state index is 12.0. The van der Waals surface area contributed by atoms with E-state index in [-0.39, 0.29) is 16.4 Å². The molecule has 8 heteroatoms.